The predicted octanol–water partition coefficient (Wildman–Crippen LogP) is 4.22. The standard InChI is InChI=1S/C18H24IN3O/c1-10(19)21-17(23)13-9-20-15-8-11-7-12(18(2,3)4)5-6-14(11)22-16(13)15/h8-10,12,20H,5-7H2,1-4H3,(H,21,23)/t10-,12?/m1/s1. The van der Waals surface area contributed by atoms with Crippen LogP contribution >= 0.6 is 22.6 Å². The zero-order valence-corrected chi connectivity index (χ0v) is 16.3. The van der Waals surface area contributed by atoms with E-state index in [0.29, 0.717) is 16.9 Å². The first-order valence-corrected chi connectivity index (χ1v) is 9.45. The number of nitrogens with zero attached hydrogens (tertiary/aromatic N) is 1. The van der Waals surface area contributed by atoms with Crippen LogP contribution in [-0.4, -0.2) is 19.9 Å². The first-order valence-electron chi connectivity index (χ1n) is 8.20. The summed E-state index contributed by atoms with van der Waals surface area (Å²) >= 11 is 2.19. The Balaban J connectivity index is 1.96. The number of nitrogens with one attached hydrogen (secondary N) is 2. The Hall–Kier alpha value is -1.11. The fraction of sp³-hybridized carbons (Fsp3) is 0.556. The molecule has 0 fully saturated rings. The highest BCUT2D eigenvalue weighted by Gasteiger charge is 2.30. The Bertz CT molecular complexity index is 743. The smallest absolute Gasteiger partial charge is 0.255 e. The largest absolute Gasteiger partial charge is 0.359 e. The number of alkyl halides is 1. The molecule has 2 atom stereocenters. The highest BCUT2D eigenvalue weighted by atomic mass is 127. The van der Waals surface area contributed by atoms with Crippen molar-refractivity contribution in [1.82, 2.24) is 15.3 Å². The molecular formula is C18H24IN3O. The summed E-state index contributed by atoms with van der Waals surface area (Å²) in [5, 5.41) is 2.93. The van der Waals surface area contributed by atoms with E-state index in [1.165, 1.54) is 12.0 Å². The molecule has 2 N–H and O–H groups in total. The maximum absolute atomic E-state index is 12.3. The number of aryl methyl sites for hydroxylation is 1. The van der Waals surface area contributed by atoms with Crippen molar-refractivity contribution >= 4 is 39.5 Å². The molecule has 1 aliphatic carbocycles. The molecule has 1 unspecified atom stereocenters. The quantitative estimate of drug-likeness (QED) is 0.430. The molecule has 0 bridgehead atoms. The molecule has 124 valence electrons. The van der Waals surface area contributed by atoms with Crippen LogP contribution < -0.4 is 5.32 Å². The van der Waals surface area contributed by atoms with Gasteiger partial charge in [0.2, 0.25) is 0 Å². The average Bonchev–Trinajstić information content (AvgIpc) is 2.85. The summed E-state index contributed by atoms with van der Waals surface area (Å²) in [4.78, 5) is 20.4. The number of carbonyl (C=O) groups is 1. The van der Waals surface area contributed by atoms with Crippen LogP contribution in [0.25, 0.3) is 11.0 Å². The number of hydrogen-bond acceptors (Lipinski definition) is 2. The number of carbonyl (C=O) groups excluding carboxylic acids is 1. The van der Waals surface area contributed by atoms with Crippen LogP contribution in [0.4, 0.5) is 0 Å². The van der Waals surface area contributed by atoms with E-state index in [-0.39, 0.29) is 9.96 Å². The van der Waals surface area contributed by atoms with Crippen molar-refractivity contribution in [2.45, 2.75) is 51.0 Å². The van der Waals surface area contributed by atoms with Crippen molar-refractivity contribution in [3.05, 3.63) is 29.1 Å². The van der Waals surface area contributed by atoms with Gasteiger partial charge in [-0.15, -0.1) is 0 Å². The van der Waals surface area contributed by atoms with Crippen LogP contribution in [0.15, 0.2) is 12.3 Å². The van der Waals surface area contributed by atoms with Crippen LogP contribution in [0, 0.1) is 11.3 Å². The van der Waals surface area contributed by atoms with Gasteiger partial charge in [-0.05, 0) is 49.1 Å². The van der Waals surface area contributed by atoms with Gasteiger partial charge in [0, 0.05) is 11.9 Å². The number of aromatic nitrogens is 2. The minimum absolute atomic E-state index is 0.0611. The Morgan fingerprint density at radius 1 is 1.48 bits per heavy atom. The maximum Gasteiger partial charge on any atom is 0.255 e. The maximum atomic E-state index is 12.3. The van der Waals surface area contributed by atoms with Gasteiger partial charge >= 0.3 is 0 Å². The third-order valence-electron chi connectivity index (χ3n) is 4.81. The van der Waals surface area contributed by atoms with Crippen molar-refractivity contribution in [3.8, 4) is 0 Å². The van der Waals surface area contributed by atoms with E-state index in [1.54, 1.807) is 6.20 Å². The second-order valence-corrected chi connectivity index (χ2v) is 9.46. The van der Waals surface area contributed by atoms with Crippen LogP contribution in [0.5, 0.6) is 0 Å². The number of rotatable bonds is 2. The lowest BCUT2D eigenvalue weighted by molar-refractivity contribution is 0.0955. The lowest BCUT2D eigenvalue weighted by Crippen LogP contribution is -2.28. The Kier molecular flexibility index (Phi) is 4.42. The Morgan fingerprint density at radius 3 is 2.87 bits per heavy atom. The van der Waals surface area contributed by atoms with E-state index < -0.39 is 0 Å². The Labute approximate surface area is 151 Å². The Morgan fingerprint density at radius 2 is 2.22 bits per heavy atom. The topological polar surface area (TPSA) is 57.8 Å². The summed E-state index contributed by atoms with van der Waals surface area (Å²) in [6.07, 6.45) is 5.03. The molecule has 2 aromatic heterocycles. The molecule has 0 radical (unpaired) electrons. The van der Waals surface area contributed by atoms with Gasteiger partial charge in [-0.3, -0.25) is 9.78 Å². The van der Waals surface area contributed by atoms with Crippen molar-refractivity contribution in [1.29, 1.82) is 0 Å². The summed E-state index contributed by atoms with van der Waals surface area (Å²) < 4.78 is 0.0928. The number of amides is 1. The van der Waals surface area contributed by atoms with Crippen molar-refractivity contribution in [2.75, 3.05) is 0 Å². The van der Waals surface area contributed by atoms with E-state index in [9.17, 15) is 4.79 Å². The van der Waals surface area contributed by atoms with Crippen molar-refractivity contribution in [2.24, 2.45) is 11.3 Å². The highest BCUT2D eigenvalue weighted by molar-refractivity contribution is 14.1. The van der Waals surface area contributed by atoms with E-state index in [4.69, 9.17) is 4.98 Å². The zero-order chi connectivity index (χ0) is 16.8. The van der Waals surface area contributed by atoms with Crippen molar-refractivity contribution < 1.29 is 4.79 Å². The summed E-state index contributed by atoms with van der Waals surface area (Å²) in [6.45, 7) is 8.90. The molecule has 23 heavy (non-hydrogen) atoms. The van der Waals surface area contributed by atoms with E-state index in [1.807, 2.05) is 6.92 Å². The molecule has 0 saturated carbocycles. The molecule has 0 spiro atoms. The number of H-pyrrole nitrogens is 1. The molecule has 4 nitrogen and oxygen atoms in total. The summed E-state index contributed by atoms with van der Waals surface area (Å²) in [7, 11) is 0. The van der Waals surface area contributed by atoms with Gasteiger partial charge in [-0.2, -0.15) is 0 Å². The number of fused-ring (bicyclic) bond motifs is 2. The molecule has 0 saturated heterocycles. The first-order chi connectivity index (χ1) is 10.8. The van der Waals surface area contributed by atoms with Gasteiger partial charge in [-0.1, -0.05) is 43.4 Å². The summed E-state index contributed by atoms with van der Waals surface area (Å²) in [5.74, 6) is 0.626. The fourth-order valence-corrected chi connectivity index (χ4v) is 3.65. The van der Waals surface area contributed by atoms with Crippen LogP contribution in [-0.2, 0) is 12.8 Å². The van der Waals surface area contributed by atoms with E-state index in [0.717, 1.165) is 29.6 Å². The molecule has 5 heteroatoms. The normalized spacial score (nSPS) is 19.4. The lowest BCUT2D eigenvalue weighted by atomic mass is 9.71. The fourth-order valence-electron chi connectivity index (χ4n) is 3.37. The molecule has 1 aliphatic rings. The second kappa shape index (κ2) is 6.07. The number of aromatic amines is 1. The summed E-state index contributed by atoms with van der Waals surface area (Å²) in [5.41, 5.74) is 5.22. The highest BCUT2D eigenvalue weighted by Crippen LogP contribution is 2.37. The molecule has 3 rings (SSSR count). The summed E-state index contributed by atoms with van der Waals surface area (Å²) in [6, 6.07) is 2.19. The average molecular weight is 425 g/mol. The minimum atomic E-state index is -0.0611. The number of pyridine rings is 1. The van der Waals surface area contributed by atoms with E-state index >= 15 is 0 Å². The number of hydrogen-bond donors (Lipinski definition) is 2. The third-order valence-corrected chi connectivity index (χ3v) is 5.12. The molecular weight excluding hydrogens is 401 g/mol. The predicted molar refractivity (Wildman–Crippen MR) is 102 cm³/mol. The minimum Gasteiger partial charge on any atom is -0.359 e. The van der Waals surface area contributed by atoms with Crippen LogP contribution in [0.1, 0.15) is 55.7 Å². The van der Waals surface area contributed by atoms with Gasteiger partial charge in [-0.25, -0.2) is 0 Å². The molecule has 2 heterocycles. The zero-order valence-electron chi connectivity index (χ0n) is 14.2. The first kappa shape index (κ1) is 16.7. The van der Waals surface area contributed by atoms with Crippen LogP contribution in [0.3, 0.4) is 0 Å². The van der Waals surface area contributed by atoms with Gasteiger partial charge in [0.1, 0.15) is 5.52 Å². The molecule has 2 aromatic rings. The number of halogens is 1. The van der Waals surface area contributed by atoms with Gasteiger partial charge in [0.25, 0.3) is 5.91 Å². The third kappa shape index (κ3) is 3.39. The molecule has 0 aromatic carbocycles. The van der Waals surface area contributed by atoms with E-state index in [2.05, 4.69) is 59.7 Å². The van der Waals surface area contributed by atoms with Crippen LogP contribution in [0.2, 0.25) is 0 Å². The molecule has 0 aliphatic heterocycles. The van der Waals surface area contributed by atoms with Gasteiger partial charge in [0.15, 0.2) is 0 Å². The van der Waals surface area contributed by atoms with Crippen molar-refractivity contribution in [3.63, 3.8) is 0 Å². The SMILES string of the molecule is C[C@H](I)NC(=O)c1c[nH]c2cc3c(nc12)CCC(C(C)(C)C)C3. The second-order valence-electron chi connectivity index (χ2n) is 7.59. The molecule has 1 amide bonds. The van der Waals surface area contributed by atoms with Gasteiger partial charge < -0.3 is 10.3 Å². The lowest BCUT2D eigenvalue weighted by Gasteiger charge is -2.34. The monoisotopic (exact) mass is 425 g/mol. The van der Waals surface area contributed by atoms with Gasteiger partial charge in [0.05, 0.1) is 15.1 Å².